The van der Waals surface area contributed by atoms with E-state index in [1.54, 1.807) is 16.9 Å². The van der Waals surface area contributed by atoms with Gasteiger partial charge in [0, 0.05) is 24.0 Å². The number of aromatic nitrogens is 4. The molecule has 1 aliphatic rings. The molecule has 0 radical (unpaired) electrons. The number of fused-ring (bicyclic) bond motifs is 2. The van der Waals surface area contributed by atoms with Crippen molar-refractivity contribution in [2.45, 2.75) is 38.8 Å². The standard InChI is InChI=1S/C21H21N5O/c1-13-4-3-5-15-12-17(25(16-6-7-16)21(27)20(13)15)14(2)24-19-8-10-22-18-9-11-23-26(18)19/h3-5,8-12,14,16,24H,6-7H2,1-2H3/t14-/m0/s1. The van der Waals surface area contributed by atoms with Gasteiger partial charge < -0.3 is 9.88 Å². The van der Waals surface area contributed by atoms with Crippen molar-refractivity contribution in [1.29, 1.82) is 0 Å². The van der Waals surface area contributed by atoms with Crippen molar-refractivity contribution in [3.8, 4) is 0 Å². The minimum atomic E-state index is -0.0435. The van der Waals surface area contributed by atoms with Crippen LogP contribution in [0.1, 0.15) is 43.1 Å². The summed E-state index contributed by atoms with van der Waals surface area (Å²) >= 11 is 0. The number of pyridine rings is 1. The van der Waals surface area contributed by atoms with Crippen molar-refractivity contribution >= 4 is 22.2 Å². The third-order valence-corrected chi connectivity index (χ3v) is 5.33. The van der Waals surface area contributed by atoms with Gasteiger partial charge in [-0.15, -0.1) is 0 Å². The van der Waals surface area contributed by atoms with Gasteiger partial charge in [-0.1, -0.05) is 18.2 Å². The van der Waals surface area contributed by atoms with E-state index in [9.17, 15) is 4.79 Å². The number of benzene rings is 1. The lowest BCUT2D eigenvalue weighted by molar-refractivity contribution is 0.634. The van der Waals surface area contributed by atoms with Crippen LogP contribution in [0.4, 0.5) is 5.82 Å². The molecule has 0 bridgehead atoms. The average molecular weight is 359 g/mol. The molecule has 6 heteroatoms. The number of hydrogen-bond donors (Lipinski definition) is 1. The van der Waals surface area contributed by atoms with Crippen LogP contribution in [-0.2, 0) is 0 Å². The molecule has 0 amide bonds. The van der Waals surface area contributed by atoms with Gasteiger partial charge in [-0.2, -0.15) is 9.61 Å². The van der Waals surface area contributed by atoms with Crippen LogP contribution in [0.15, 0.2) is 53.6 Å². The zero-order valence-electron chi connectivity index (χ0n) is 15.4. The van der Waals surface area contributed by atoms with Gasteiger partial charge >= 0.3 is 0 Å². The van der Waals surface area contributed by atoms with Crippen LogP contribution in [-0.4, -0.2) is 19.2 Å². The van der Waals surface area contributed by atoms with E-state index in [0.29, 0.717) is 6.04 Å². The minimum Gasteiger partial charge on any atom is -0.362 e. The molecule has 1 fully saturated rings. The SMILES string of the molecule is Cc1cccc2cc([C@H](C)Nc3ccnc4ccnn34)n(C3CC3)c(=O)c12. The number of hydrogen-bond acceptors (Lipinski definition) is 4. The molecule has 136 valence electrons. The number of rotatable bonds is 4. The molecule has 1 saturated carbocycles. The number of nitrogens with one attached hydrogen (secondary N) is 1. The van der Waals surface area contributed by atoms with E-state index in [4.69, 9.17) is 0 Å². The van der Waals surface area contributed by atoms with Crippen LogP contribution in [0.3, 0.4) is 0 Å². The van der Waals surface area contributed by atoms with Gasteiger partial charge in [-0.05, 0) is 49.8 Å². The lowest BCUT2D eigenvalue weighted by atomic mass is 10.0. The van der Waals surface area contributed by atoms with Gasteiger partial charge in [-0.3, -0.25) is 4.79 Å². The molecule has 1 aromatic carbocycles. The van der Waals surface area contributed by atoms with Crippen LogP contribution in [0, 0.1) is 6.92 Å². The smallest absolute Gasteiger partial charge is 0.259 e. The Morgan fingerprint density at radius 3 is 2.85 bits per heavy atom. The molecular formula is C21H21N5O. The molecule has 0 unspecified atom stereocenters. The third-order valence-electron chi connectivity index (χ3n) is 5.33. The Morgan fingerprint density at radius 1 is 1.19 bits per heavy atom. The van der Waals surface area contributed by atoms with Crippen molar-refractivity contribution in [3.05, 3.63) is 70.4 Å². The maximum Gasteiger partial charge on any atom is 0.259 e. The molecule has 0 spiro atoms. The summed E-state index contributed by atoms with van der Waals surface area (Å²) in [5, 5.41) is 9.69. The Kier molecular flexibility index (Phi) is 3.53. The summed E-state index contributed by atoms with van der Waals surface area (Å²) in [6, 6.07) is 12.2. The maximum atomic E-state index is 13.3. The minimum absolute atomic E-state index is 0.0435. The van der Waals surface area contributed by atoms with Crippen molar-refractivity contribution in [2.75, 3.05) is 5.32 Å². The van der Waals surface area contributed by atoms with E-state index in [2.05, 4.69) is 28.4 Å². The van der Waals surface area contributed by atoms with Gasteiger partial charge in [0.15, 0.2) is 5.65 Å². The summed E-state index contributed by atoms with van der Waals surface area (Å²) < 4.78 is 3.77. The first-order chi connectivity index (χ1) is 13.1. The molecule has 1 aliphatic carbocycles. The fourth-order valence-corrected chi connectivity index (χ4v) is 3.85. The largest absolute Gasteiger partial charge is 0.362 e. The van der Waals surface area contributed by atoms with Crippen LogP contribution in [0.5, 0.6) is 0 Å². The van der Waals surface area contributed by atoms with E-state index < -0.39 is 0 Å². The molecule has 5 rings (SSSR count). The summed E-state index contributed by atoms with van der Waals surface area (Å²) in [4.78, 5) is 17.6. The summed E-state index contributed by atoms with van der Waals surface area (Å²) in [7, 11) is 0. The Bertz CT molecular complexity index is 1220. The van der Waals surface area contributed by atoms with Crippen LogP contribution < -0.4 is 10.9 Å². The highest BCUT2D eigenvalue weighted by Gasteiger charge is 2.29. The third kappa shape index (κ3) is 2.60. The van der Waals surface area contributed by atoms with Crippen molar-refractivity contribution in [3.63, 3.8) is 0 Å². The number of nitrogens with zero attached hydrogens (tertiary/aromatic N) is 4. The summed E-state index contributed by atoms with van der Waals surface area (Å²) in [6.45, 7) is 4.10. The van der Waals surface area contributed by atoms with Crippen molar-refractivity contribution < 1.29 is 0 Å². The summed E-state index contributed by atoms with van der Waals surface area (Å²) in [5.41, 5.74) is 2.96. The van der Waals surface area contributed by atoms with Crippen LogP contribution >= 0.6 is 0 Å². The predicted octanol–water partition coefficient (Wildman–Crippen LogP) is 3.86. The maximum absolute atomic E-state index is 13.3. The number of aryl methyl sites for hydroxylation is 1. The predicted molar refractivity (Wildman–Crippen MR) is 106 cm³/mol. The van der Waals surface area contributed by atoms with Crippen molar-refractivity contribution in [2.24, 2.45) is 0 Å². The van der Waals surface area contributed by atoms with Gasteiger partial charge in [0.05, 0.1) is 17.6 Å². The zero-order chi connectivity index (χ0) is 18.5. The second kappa shape index (κ2) is 5.94. The first-order valence-electron chi connectivity index (χ1n) is 9.33. The number of anilines is 1. The molecule has 0 saturated heterocycles. The zero-order valence-corrected chi connectivity index (χ0v) is 15.4. The van der Waals surface area contributed by atoms with E-state index in [0.717, 1.165) is 46.3 Å². The van der Waals surface area contributed by atoms with Crippen molar-refractivity contribution in [1.82, 2.24) is 19.2 Å². The van der Waals surface area contributed by atoms with Crippen LogP contribution in [0.25, 0.3) is 16.4 Å². The quantitative estimate of drug-likeness (QED) is 0.601. The lowest BCUT2D eigenvalue weighted by Crippen LogP contribution is -2.27. The molecule has 6 nitrogen and oxygen atoms in total. The Hall–Kier alpha value is -3.15. The van der Waals surface area contributed by atoms with Gasteiger partial charge in [0.2, 0.25) is 0 Å². The molecular weight excluding hydrogens is 338 g/mol. The van der Waals surface area contributed by atoms with E-state index in [1.165, 1.54) is 0 Å². The summed E-state index contributed by atoms with van der Waals surface area (Å²) in [6.07, 6.45) is 5.63. The van der Waals surface area contributed by atoms with Crippen LogP contribution in [0.2, 0.25) is 0 Å². The Labute approximate surface area is 156 Å². The molecule has 1 N–H and O–H groups in total. The highest BCUT2D eigenvalue weighted by Crippen LogP contribution is 2.37. The molecule has 3 heterocycles. The van der Waals surface area contributed by atoms with E-state index in [1.807, 2.05) is 41.8 Å². The van der Waals surface area contributed by atoms with E-state index in [-0.39, 0.29) is 11.6 Å². The molecule has 27 heavy (non-hydrogen) atoms. The van der Waals surface area contributed by atoms with Gasteiger partial charge in [0.25, 0.3) is 5.56 Å². The van der Waals surface area contributed by atoms with E-state index >= 15 is 0 Å². The highest BCUT2D eigenvalue weighted by atomic mass is 16.1. The summed E-state index contributed by atoms with van der Waals surface area (Å²) in [5.74, 6) is 0.858. The fraction of sp³-hybridized carbons (Fsp3) is 0.286. The first kappa shape index (κ1) is 16.1. The normalized spacial score (nSPS) is 15.3. The second-order valence-electron chi connectivity index (χ2n) is 7.31. The van der Waals surface area contributed by atoms with Gasteiger partial charge in [-0.25, -0.2) is 4.98 Å². The molecule has 1 atom stereocenters. The average Bonchev–Trinajstić information content (AvgIpc) is 3.37. The first-order valence-corrected chi connectivity index (χ1v) is 9.33. The fourth-order valence-electron chi connectivity index (χ4n) is 3.85. The monoisotopic (exact) mass is 359 g/mol. The molecule has 4 aromatic rings. The molecule has 3 aromatic heterocycles. The highest BCUT2D eigenvalue weighted by molar-refractivity contribution is 5.85. The lowest BCUT2D eigenvalue weighted by Gasteiger charge is -2.22. The second-order valence-corrected chi connectivity index (χ2v) is 7.31. The Balaban J connectivity index is 1.64. The van der Waals surface area contributed by atoms with Gasteiger partial charge in [0.1, 0.15) is 5.82 Å². The topological polar surface area (TPSA) is 64.2 Å². The Morgan fingerprint density at radius 2 is 2.04 bits per heavy atom. The molecule has 0 aliphatic heterocycles.